The third-order valence-corrected chi connectivity index (χ3v) is 5.01. The van der Waals surface area contributed by atoms with Crippen LogP contribution in [0.5, 0.6) is 5.75 Å². The Bertz CT molecular complexity index is 1400. The number of aromatic hydroxyl groups is 1. The maximum atomic E-state index is 9.46. The Morgan fingerprint density at radius 2 is 1.19 bits per heavy atom. The van der Waals surface area contributed by atoms with Crippen LogP contribution in [0.1, 0.15) is 11.1 Å². The van der Waals surface area contributed by atoms with Gasteiger partial charge in [-0.1, -0.05) is 30.4 Å². The number of benzene rings is 3. The van der Waals surface area contributed by atoms with E-state index in [1.54, 1.807) is 30.3 Å². The SMILES string of the molecule is C=Cc1cc(-c2nnc(-c3ccc(C)cc3)o2)ccc1-c1nnc(-c2ccc(O)cc2)o1. The number of nitrogens with zero attached hydrogens (tertiary/aromatic N) is 4. The van der Waals surface area contributed by atoms with Crippen molar-refractivity contribution in [3.05, 3.63) is 84.4 Å². The summed E-state index contributed by atoms with van der Waals surface area (Å²) in [6.45, 7) is 5.93. The van der Waals surface area contributed by atoms with Crippen molar-refractivity contribution >= 4 is 6.08 Å². The molecule has 1 N–H and O–H groups in total. The summed E-state index contributed by atoms with van der Waals surface area (Å²) in [6, 6.07) is 20.1. The first-order chi connectivity index (χ1) is 15.6. The lowest BCUT2D eigenvalue weighted by atomic mass is 10.0. The van der Waals surface area contributed by atoms with Gasteiger partial charge in [0.2, 0.25) is 23.6 Å². The standard InChI is InChI=1S/C25H18N4O3/c1-3-16-14-19(24-28-26-22(31-24)17-6-4-15(2)5-7-17)10-13-21(16)25-29-27-23(32-25)18-8-11-20(30)12-9-18/h3-14,30H,1H2,2H3. The molecule has 0 saturated carbocycles. The predicted molar refractivity (Wildman–Crippen MR) is 120 cm³/mol. The molecular weight excluding hydrogens is 404 g/mol. The van der Waals surface area contributed by atoms with E-state index in [9.17, 15) is 5.11 Å². The minimum Gasteiger partial charge on any atom is -0.508 e. The van der Waals surface area contributed by atoms with Crippen molar-refractivity contribution in [2.75, 3.05) is 0 Å². The summed E-state index contributed by atoms with van der Waals surface area (Å²) in [5.41, 5.74) is 5.02. The van der Waals surface area contributed by atoms with Crippen molar-refractivity contribution in [2.24, 2.45) is 0 Å². The molecule has 0 saturated heterocycles. The Balaban J connectivity index is 1.46. The molecule has 156 valence electrons. The molecule has 0 aliphatic heterocycles. The first kappa shape index (κ1) is 19.4. The number of hydrogen-bond donors (Lipinski definition) is 1. The highest BCUT2D eigenvalue weighted by molar-refractivity contribution is 5.74. The van der Waals surface area contributed by atoms with E-state index in [0.717, 1.165) is 27.8 Å². The van der Waals surface area contributed by atoms with Crippen LogP contribution in [0.3, 0.4) is 0 Å². The molecule has 5 aromatic rings. The van der Waals surface area contributed by atoms with E-state index in [1.807, 2.05) is 49.4 Å². The zero-order valence-corrected chi connectivity index (χ0v) is 17.2. The molecule has 2 heterocycles. The zero-order valence-electron chi connectivity index (χ0n) is 17.2. The second-order valence-electron chi connectivity index (χ2n) is 7.24. The van der Waals surface area contributed by atoms with Gasteiger partial charge in [0.25, 0.3) is 0 Å². The van der Waals surface area contributed by atoms with Gasteiger partial charge in [-0.3, -0.25) is 0 Å². The Hall–Kier alpha value is -4.52. The second-order valence-corrected chi connectivity index (χ2v) is 7.24. The van der Waals surface area contributed by atoms with Crippen molar-refractivity contribution in [3.63, 3.8) is 0 Å². The van der Waals surface area contributed by atoms with Crippen LogP contribution < -0.4 is 0 Å². The van der Waals surface area contributed by atoms with E-state index in [1.165, 1.54) is 0 Å². The van der Waals surface area contributed by atoms with Crippen LogP contribution in [0.15, 0.2) is 82.1 Å². The molecule has 0 fully saturated rings. The van der Waals surface area contributed by atoms with Gasteiger partial charge in [0.15, 0.2) is 0 Å². The van der Waals surface area contributed by atoms with Crippen molar-refractivity contribution in [1.29, 1.82) is 0 Å². The largest absolute Gasteiger partial charge is 0.508 e. The molecule has 0 bridgehead atoms. The van der Waals surface area contributed by atoms with Crippen LogP contribution in [-0.4, -0.2) is 25.5 Å². The third kappa shape index (κ3) is 3.67. The molecular formula is C25H18N4O3. The summed E-state index contributed by atoms with van der Waals surface area (Å²) in [7, 11) is 0. The van der Waals surface area contributed by atoms with E-state index in [2.05, 4.69) is 27.0 Å². The van der Waals surface area contributed by atoms with Crippen LogP contribution >= 0.6 is 0 Å². The molecule has 0 radical (unpaired) electrons. The highest BCUT2D eigenvalue weighted by atomic mass is 16.4. The molecule has 3 aromatic carbocycles. The molecule has 0 spiro atoms. The van der Waals surface area contributed by atoms with E-state index in [0.29, 0.717) is 29.1 Å². The van der Waals surface area contributed by atoms with Crippen LogP contribution in [-0.2, 0) is 0 Å². The average Bonchev–Trinajstić information content (AvgIpc) is 3.50. The Kier molecular flexibility index (Phi) is 4.84. The minimum atomic E-state index is 0.171. The number of phenols is 1. The molecule has 0 aliphatic rings. The highest BCUT2D eigenvalue weighted by Crippen LogP contribution is 2.31. The molecule has 0 amide bonds. The van der Waals surface area contributed by atoms with E-state index in [-0.39, 0.29) is 5.75 Å². The summed E-state index contributed by atoms with van der Waals surface area (Å²) >= 11 is 0. The first-order valence-electron chi connectivity index (χ1n) is 9.91. The first-order valence-corrected chi connectivity index (χ1v) is 9.91. The van der Waals surface area contributed by atoms with Gasteiger partial charge in [-0.25, -0.2) is 0 Å². The highest BCUT2D eigenvalue weighted by Gasteiger charge is 2.16. The summed E-state index contributed by atoms with van der Waals surface area (Å²) in [5, 5.41) is 26.1. The maximum Gasteiger partial charge on any atom is 0.248 e. The molecule has 0 unspecified atom stereocenters. The zero-order chi connectivity index (χ0) is 22.1. The summed E-state index contributed by atoms with van der Waals surface area (Å²) < 4.78 is 11.7. The van der Waals surface area contributed by atoms with Crippen molar-refractivity contribution in [2.45, 2.75) is 6.92 Å². The van der Waals surface area contributed by atoms with Gasteiger partial charge in [-0.05, 0) is 67.1 Å². The summed E-state index contributed by atoms with van der Waals surface area (Å²) in [6.07, 6.45) is 1.71. The smallest absolute Gasteiger partial charge is 0.248 e. The molecule has 5 rings (SSSR count). The van der Waals surface area contributed by atoms with Gasteiger partial charge in [-0.15, -0.1) is 20.4 Å². The number of phenolic OH excluding ortho intramolecular Hbond substituents is 1. The molecule has 2 aromatic heterocycles. The van der Waals surface area contributed by atoms with Gasteiger partial charge in [-0.2, -0.15) is 0 Å². The van der Waals surface area contributed by atoms with Crippen LogP contribution in [0, 0.1) is 6.92 Å². The average molecular weight is 422 g/mol. The maximum absolute atomic E-state index is 9.46. The normalized spacial score (nSPS) is 10.9. The molecule has 0 atom stereocenters. The van der Waals surface area contributed by atoms with Gasteiger partial charge in [0, 0.05) is 22.3 Å². The fourth-order valence-corrected chi connectivity index (χ4v) is 3.26. The number of hydrogen-bond acceptors (Lipinski definition) is 7. The number of aryl methyl sites for hydroxylation is 1. The summed E-state index contributed by atoms with van der Waals surface area (Å²) in [4.78, 5) is 0. The predicted octanol–water partition coefficient (Wildman–Crippen LogP) is 5.78. The Labute approximate surface area is 183 Å². The molecule has 0 aliphatic carbocycles. The van der Waals surface area contributed by atoms with Gasteiger partial charge in [0.1, 0.15) is 5.75 Å². The van der Waals surface area contributed by atoms with Gasteiger partial charge >= 0.3 is 0 Å². The third-order valence-electron chi connectivity index (χ3n) is 5.01. The molecule has 7 heteroatoms. The van der Waals surface area contributed by atoms with Crippen molar-refractivity contribution in [3.8, 4) is 51.6 Å². The lowest BCUT2D eigenvalue weighted by Gasteiger charge is -2.04. The summed E-state index contributed by atoms with van der Waals surface area (Å²) in [5.74, 6) is 1.76. The second kappa shape index (κ2) is 7.96. The number of aromatic nitrogens is 4. The molecule has 7 nitrogen and oxygen atoms in total. The lowest BCUT2D eigenvalue weighted by molar-refractivity contribution is 0.475. The van der Waals surface area contributed by atoms with E-state index in [4.69, 9.17) is 8.83 Å². The quantitative estimate of drug-likeness (QED) is 0.383. The van der Waals surface area contributed by atoms with Crippen molar-refractivity contribution in [1.82, 2.24) is 20.4 Å². The molecule has 32 heavy (non-hydrogen) atoms. The van der Waals surface area contributed by atoms with Crippen LogP contribution in [0.4, 0.5) is 0 Å². The fourth-order valence-electron chi connectivity index (χ4n) is 3.26. The van der Waals surface area contributed by atoms with E-state index >= 15 is 0 Å². The monoisotopic (exact) mass is 422 g/mol. The van der Waals surface area contributed by atoms with Gasteiger partial charge < -0.3 is 13.9 Å². The van der Waals surface area contributed by atoms with Crippen molar-refractivity contribution < 1.29 is 13.9 Å². The Morgan fingerprint density at radius 3 is 1.81 bits per heavy atom. The van der Waals surface area contributed by atoms with Crippen LogP contribution in [0.2, 0.25) is 0 Å². The van der Waals surface area contributed by atoms with Crippen LogP contribution in [0.25, 0.3) is 51.9 Å². The topological polar surface area (TPSA) is 98.1 Å². The minimum absolute atomic E-state index is 0.171. The fraction of sp³-hybridized carbons (Fsp3) is 0.0400. The number of rotatable bonds is 5. The lowest BCUT2D eigenvalue weighted by Crippen LogP contribution is -1.86. The Morgan fingerprint density at radius 1 is 0.688 bits per heavy atom. The van der Waals surface area contributed by atoms with E-state index < -0.39 is 0 Å². The van der Waals surface area contributed by atoms with Gasteiger partial charge in [0.05, 0.1) is 0 Å².